The van der Waals surface area contributed by atoms with E-state index in [1.54, 1.807) is 14.2 Å². The van der Waals surface area contributed by atoms with E-state index in [9.17, 15) is 0 Å². The number of hydrogen-bond donors (Lipinski definition) is 1. The minimum atomic E-state index is 0.673. The van der Waals surface area contributed by atoms with E-state index >= 15 is 0 Å². The van der Waals surface area contributed by atoms with Crippen molar-refractivity contribution < 1.29 is 9.47 Å². The highest BCUT2D eigenvalue weighted by molar-refractivity contribution is 5.22. The van der Waals surface area contributed by atoms with Gasteiger partial charge in [-0.1, -0.05) is 24.3 Å². The van der Waals surface area contributed by atoms with E-state index in [2.05, 4.69) is 29.6 Å². The number of rotatable bonds is 7. The monoisotopic (exact) mass is 209 g/mol. The Hall–Kier alpha value is -0.900. The van der Waals surface area contributed by atoms with Crippen LogP contribution in [0.1, 0.15) is 11.1 Å². The SMILES string of the molecule is COCCNCc1cccc(COC)c1. The number of methoxy groups -OCH3 is 2. The van der Waals surface area contributed by atoms with Gasteiger partial charge >= 0.3 is 0 Å². The molecule has 0 aliphatic carbocycles. The van der Waals surface area contributed by atoms with Crippen molar-refractivity contribution in [1.82, 2.24) is 5.32 Å². The molecule has 0 aliphatic rings. The van der Waals surface area contributed by atoms with Crippen LogP contribution in [0.25, 0.3) is 0 Å². The summed E-state index contributed by atoms with van der Waals surface area (Å²) in [5.74, 6) is 0. The van der Waals surface area contributed by atoms with Gasteiger partial charge in [0.2, 0.25) is 0 Å². The predicted molar refractivity (Wildman–Crippen MR) is 60.7 cm³/mol. The molecule has 0 aliphatic heterocycles. The van der Waals surface area contributed by atoms with Crippen LogP contribution in [0.2, 0.25) is 0 Å². The normalized spacial score (nSPS) is 10.5. The van der Waals surface area contributed by atoms with Gasteiger partial charge in [-0.15, -0.1) is 0 Å². The van der Waals surface area contributed by atoms with Crippen molar-refractivity contribution in [2.24, 2.45) is 0 Å². The molecule has 0 amide bonds. The summed E-state index contributed by atoms with van der Waals surface area (Å²) >= 11 is 0. The van der Waals surface area contributed by atoms with Gasteiger partial charge in [-0.05, 0) is 11.1 Å². The molecule has 0 spiro atoms. The summed E-state index contributed by atoms with van der Waals surface area (Å²) in [6, 6.07) is 8.39. The summed E-state index contributed by atoms with van der Waals surface area (Å²) in [7, 11) is 3.42. The summed E-state index contributed by atoms with van der Waals surface area (Å²) in [5, 5.41) is 3.31. The second kappa shape index (κ2) is 7.40. The quantitative estimate of drug-likeness (QED) is 0.691. The standard InChI is InChI=1S/C12H19NO2/c1-14-7-6-13-9-11-4-3-5-12(8-11)10-15-2/h3-5,8,13H,6-7,9-10H2,1-2H3. The number of hydrogen-bond acceptors (Lipinski definition) is 3. The van der Waals surface area contributed by atoms with Crippen molar-refractivity contribution >= 4 is 0 Å². The molecule has 15 heavy (non-hydrogen) atoms. The van der Waals surface area contributed by atoms with Crippen molar-refractivity contribution in [2.45, 2.75) is 13.2 Å². The maximum atomic E-state index is 5.09. The van der Waals surface area contributed by atoms with Gasteiger partial charge in [0.15, 0.2) is 0 Å². The first-order chi connectivity index (χ1) is 7.36. The second-order valence-corrected chi connectivity index (χ2v) is 3.42. The van der Waals surface area contributed by atoms with E-state index in [-0.39, 0.29) is 0 Å². The lowest BCUT2D eigenvalue weighted by Crippen LogP contribution is -2.18. The van der Waals surface area contributed by atoms with Crippen LogP contribution in [0, 0.1) is 0 Å². The fourth-order valence-electron chi connectivity index (χ4n) is 1.40. The van der Waals surface area contributed by atoms with Crippen LogP contribution in [0.3, 0.4) is 0 Å². The van der Waals surface area contributed by atoms with Gasteiger partial charge in [-0.25, -0.2) is 0 Å². The highest BCUT2D eigenvalue weighted by Gasteiger charge is 1.95. The first-order valence-corrected chi connectivity index (χ1v) is 5.13. The zero-order valence-corrected chi connectivity index (χ0v) is 9.45. The molecule has 1 aromatic rings. The molecule has 3 heteroatoms. The predicted octanol–water partition coefficient (Wildman–Crippen LogP) is 1.57. The number of nitrogens with one attached hydrogen (secondary N) is 1. The van der Waals surface area contributed by atoms with Crippen LogP contribution >= 0.6 is 0 Å². The van der Waals surface area contributed by atoms with E-state index in [4.69, 9.17) is 9.47 Å². The molecule has 3 nitrogen and oxygen atoms in total. The van der Waals surface area contributed by atoms with Crippen LogP contribution in [0.4, 0.5) is 0 Å². The molecular weight excluding hydrogens is 190 g/mol. The molecule has 0 unspecified atom stereocenters. The van der Waals surface area contributed by atoms with Crippen LogP contribution in [-0.4, -0.2) is 27.4 Å². The molecule has 0 saturated carbocycles. The van der Waals surface area contributed by atoms with E-state index in [1.807, 2.05) is 0 Å². The fraction of sp³-hybridized carbons (Fsp3) is 0.500. The van der Waals surface area contributed by atoms with Crippen LogP contribution in [-0.2, 0) is 22.6 Å². The van der Waals surface area contributed by atoms with Crippen molar-refractivity contribution in [1.29, 1.82) is 0 Å². The summed E-state index contributed by atoms with van der Waals surface area (Å²) < 4.78 is 10.0. The Bertz CT molecular complexity index is 276. The first kappa shape index (κ1) is 12.2. The Kier molecular flexibility index (Phi) is 6.00. The Morgan fingerprint density at radius 3 is 2.67 bits per heavy atom. The van der Waals surface area contributed by atoms with Crippen molar-refractivity contribution in [2.75, 3.05) is 27.4 Å². The molecule has 1 rings (SSSR count). The van der Waals surface area contributed by atoms with Crippen LogP contribution in [0.5, 0.6) is 0 Å². The third kappa shape index (κ3) is 4.93. The third-order valence-electron chi connectivity index (χ3n) is 2.11. The van der Waals surface area contributed by atoms with Crippen molar-refractivity contribution in [3.63, 3.8) is 0 Å². The Labute approximate surface area is 91.4 Å². The highest BCUT2D eigenvalue weighted by Crippen LogP contribution is 2.05. The average molecular weight is 209 g/mol. The van der Waals surface area contributed by atoms with E-state index < -0.39 is 0 Å². The molecule has 0 atom stereocenters. The van der Waals surface area contributed by atoms with Gasteiger partial charge in [-0.3, -0.25) is 0 Å². The molecular formula is C12H19NO2. The van der Waals surface area contributed by atoms with Crippen LogP contribution in [0.15, 0.2) is 24.3 Å². The molecule has 1 aromatic carbocycles. The van der Waals surface area contributed by atoms with Gasteiger partial charge in [0.05, 0.1) is 13.2 Å². The lowest BCUT2D eigenvalue weighted by molar-refractivity contribution is 0.185. The maximum Gasteiger partial charge on any atom is 0.0713 e. The Balaban J connectivity index is 2.36. The first-order valence-electron chi connectivity index (χ1n) is 5.13. The van der Waals surface area contributed by atoms with Gasteiger partial charge in [0, 0.05) is 27.3 Å². The van der Waals surface area contributed by atoms with E-state index in [1.165, 1.54) is 11.1 Å². The Morgan fingerprint density at radius 2 is 1.93 bits per heavy atom. The largest absolute Gasteiger partial charge is 0.383 e. The molecule has 0 fully saturated rings. The van der Waals surface area contributed by atoms with E-state index in [0.717, 1.165) is 19.7 Å². The third-order valence-corrected chi connectivity index (χ3v) is 2.11. The van der Waals surface area contributed by atoms with E-state index in [0.29, 0.717) is 6.61 Å². The summed E-state index contributed by atoms with van der Waals surface area (Å²) in [5.41, 5.74) is 2.49. The smallest absolute Gasteiger partial charge is 0.0713 e. The highest BCUT2D eigenvalue weighted by atomic mass is 16.5. The topological polar surface area (TPSA) is 30.5 Å². The van der Waals surface area contributed by atoms with Crippen molar-refractivity contribution in [3.05, 3.63) is 35.4 Å². The second-order valence-electron chi connectivity index (χ2n) is 3.42. The molecule has 0 bridgehead atoms. The maximum absolute atomic E-state index is 5.09. The van der Waals surface area contributed by atoms with Crippen LogP contribution < -0.4 is 5.32 Å². The summed E-state index contributed by atoms with van der Waals surface area (Å²) in [6.45, 7) is 3.18. The minimum Gasteiger partial charge on any atom is -0.383 e. The Morgan fingerprint density at radius 1 is 1.13 bits per heavy atom. The zero-order chi connectivity index (χ0) is 10.9. The summed E-state index contributed by atoms with van der Waals surface area (Å²) in [6.07, 6.45) is 0. The lowest BCUT2D eigenvalue weighted by atomic mass is 10.1. The summed E-state index contributed by atoms with van der Waals surface area (Å²) in [4.78, 5) is 0. The molecule has 84 valence electrons. The minimum absolute atomic E-state index is 0.673. The molecule has 0 radical (unpaired) electrons. The lowest BCUT2D eigenvalue weighted by Gasteiger charge is -2.06. The molecule has 0 saturated heterocycles. The van der Waals surface area contributed by atoms with Crippen molar-refractivity contribution in [3.8, 4) is 0 Å². The van der Waals surface area contributed by atoms with Gasteiger partial charge in [0.25, 0.3) is 0 Å². The molecule has 0 heterocycles. The molecule has 0 aromatic heterocycles. The molecule has 1 N–H and O–H groups in total. The van der Waals surface area contributed by atoms with Gasteiger partial charge in [0.1, 0.15) is 0 Å². The fourth-order valence-corrected chi connectivity index (χ4v) is 1.40. The van der Waals surface area contributed by atoms with Gasteiger partial charge in [-0.2, -0.15) is 0 Å². The van der Waals surface area contributed by atoms with Gasteiger partial charge < -0.3 is 14.8 Å². The number of ether oxygens (including phenoxy) is 2. The number of benzene rings is 1. The zero-order valence-electron chi connectivity index (χ0n) is 9.45. The average Bonchev–Trinajstić information content (AvgIpc) is 2.26.